The van der Waals surface area contributed by atoms with Crippen molar-refractivity contribution in [1.82, 2.24) is 9.78 Å². The summed E-state index contributed by atoms with van der Waals surface area (Å²) in [5, 5.41) is 4.08. The molecule has 0 amide bonds. The van der Waals surface area contributed by atoms with Gasteiger partial charge in [-0.05, 0) is 0 Å². The van der Waals surface area contributed by atoms with Gasteiger partial charge in [0.25, 0.3) is 0 Å². The van der Waals surface area contributed by atoms with E-state index < -0.39 is 0 Å². The van der Waals surface area contributed by atoms with E-state index in [0.717, 1.165) is 5.82 Å². The molecule has 0 aliphatic carbocycles. The molecule has 1 aromatic carbocycles. The van der Waals surface area contributed by atoms with Crippen molar-refractivity contribution >= 4 is 0 Å². The Hall–Kier alpha value is -1.57. The lowest BCUT2D eigenvalue weighted by Gasteiger charge is -2.02. The van der Waals surface area contributed by atoms with E-state index in [-0.39, 0.29) is 0 Å². The summed E-state index contributed by atoms with van der Waals surface area (Å²) in [5.41, 5.74) is 2.47. The molecule has 0 spiro atoms. The maximum Gasteiger partial charge on any atom is 0.176 e. The number of hydrogen-bond donors (Lipinski definition) is 0. The lowest BCUT2D eigenvalue weighted by molar-refractivity contribution is 1.12. The van der Waals surface area contributed by atoms with Gasteiger partial charge >= 0.3 is 0 Å². The van der Waals surface area contributed by atoms with E-state index >= 15 is 0 Å². The van der Waals surface area contributed by atoms with Gasteiger partial charge in [-0.15, -0.1) is 5.10 Å². The van der Waals surface area contributed by atoms with E-state index in [0.29, 0.717) is 0 Å². The number of hydrogen-bond acceptors (Lipinski definition) is 1. The molecular weight excluding hydrogens is 136 g/mol. The van der Waals surface area contributed by atoms with Gasteiger partial charge in [-0.1, -0.05) is 30.3 Å². The Morgan fingerprint density at radius 2 is 1.91 bits per heavy atom. The van der Waals surface area contributed by atoms with E-state index in [1.54, 1.807) is 0 Å². The van der Waals surface area contributed by atoms with Gasteiger partial charge in [-0.3, -0.25) is 0 Å². The number of aromatic nitrogens is 2. The number of rotatable bonds is 1. The second-order valence-electron chi connectivity index (χ2n) is 2.67. The average Bonchev–Trinajstić information content (AvgIpc) is 2.64. The molecule has 0 unspecified atom stereocenters. The highest BCUT2D eigenvalue weighted by Crippen LogP contribution is 2.32. The molecule has 2 heterocycles. The highest BCUT2D eigenvalue weighted by Gasteiger charge is 2.23. The molecule has 0 N–H and O–H groups in total. The molecule has 2 nitrogen and oxygen atoms in total. The predicted octanol–water partition coefficient (Wildman–Crippen LogP) is 1.85. The van der Waals surface area contributed by atoms with Gasteiger partial charge < -0.3 is 0 Å². The van der Waals surface area contributed by atoms with Crippen molar-refractivity contribution in [3.63, 3.8) is 0 Å². The summed E-state index contributed by atoms with van der Waals surface area (Å²) >= 11 is 0. The van der Waals surface area contributed by atoms with Crippen molar-refractivity contribution in [2.24, 2.45) is 0 Å². The van der Waals surface area contributed by atoms with E-state index in [1.807, 2.05) is 22.9 Å². The molecule has 1 aromatic rings. The van der Waals surface area contributed by atoms with Crippen molar-refractivity contribution in [1.29, 1.82) is 0 Å². The molecule has 0 aromatic heterocycles. The largest absolute Gasteiger partial charge is 0.211 e. The number of fused-ring (bicyclic) bond motifs is 1. The zero-order valence-electron chi connectivity index (χ0n) is 5.86. The molecule has 2 aliphatic rings. The van der Waals surface area contributed by atoms with Crippen LogP contribution >= 0.6 is 0 Å². The van der Waals surface area contributed by atoms with Gasteiger partial charge in [0.05, 0.1) is 5.69 Å². The maximum atomic E-state index is 4.08. The van der Waals surface area contributed by atoms with Crippen molar-refractivity contribution in [2.45, 2.75) is 0 Å². The first-order valence-corrected chi connectivity index (χ1v) is 3.61. The summed E-state index contributed by atoms with van der Waals surface area (Å²) in [4.78, 5) is 0. The van der Waals surface area contributed by atoms with Crippen molar-refractivity contribution in [2.75, 3.05) is 0 Å². The van der Waals surface area contributed by atoms with Crippen LogP contribution in [0, 0.1) is 0 Å². The van der Waals surface area contributed by atoms with Crippen LogP contribution in [0.15, 0.2) is 36.4 Å². The van der Waals surface area contributed by atoms with Gasteiger partial charge in [-0.2, -0.15) is 0 Å². The smallest absolute Gasteiger partial charge is 0.176 e. The molecule has 0 fully saturated rings. The van der Waals surface area contributed by atoms with Gasteiger partial charge in [0, 0.05) is 11.6 Å². The third-order valence-corrected chi connectivity index (χ3v) is 1.94. The molecule has 0 radical (unpaired) electrons. The van der Waals surface area contributed by atoms with Crippen LogP contribution in [-0.4, -0.2) is 9.78 Å². The SMILES string of the molecule is c1ccc(-c2cc3nn2-3)cc1. The topological polar surface area (TPSA) is 17.8 Å². The zero-order chi connectivity index (χ0) is 7.26. The third-order valence-electron chi connectivity index (χ3n) is 1.94. The molecule has 52 valence electrons. The standard InChI is InChI=1S/C9H6N2/c1-2-4-7(5-3-1)8-6-9-10-11(8)9/h1-6H. The first-order valence-electron chi connectivity index (χ1n) is 3.61. The Kier molecular flexibility index (Phi) is 0.714. The van der Waals surface area contributed by atoms with Crippen LogP contribution in [0.2, 0.25) is 0 Å². The highest BCUT2D eigenvalue weighted by molar-refractivity contribution is 5.69. The molecule has 3 rings (SSSR count). The summed E-state index contributed by atoms with van der Waals surface area (Å²) in [6.45, 7) is 0. The molecule has 0 saturated carbocycles. The maximum absolute atomic E-state index is 4.08. The summed E-state index contributed by atoms with van der Waals surface area (Å²) in [6.07, 6.45) is 0. The third kappa shape index (κ3) is 0.584. The monoisotopic (exact) mass is 142 g/mol. The first-order chi connectivity index (χ1) is 5.45. The summed E-state index contributed by atoms with van der Waals surface area (Å²) in [6, 6.07) is 12.4. The summed E-state index contributed by atoms with van der Waals surface area (Å²) in [5.74, 6) is 1.11. The lowest BCUT2D eigenvalue weighted by atomic mass is 10.1. The Balaban J connectivity index is 2.16. The van der Waals surface area contributed by atoms with Crippen LogP contribution in [0.5, 0.6) is 0 Å². The van der Waals surface area contributed by atoms with Crippen LogP contribution in [0.4, 0.5) is 0 Å². The summed E-state index contributed by atoms with van der Waals surface area (Å²) < 4.78 is 1.95. The van der Waals surface area contributed by atoms with Gasteiger partial charge in [-0.25, -0.2) is 4.68 Å². The lowest BCUT2D eigenvalue weighted by Crippen LogP contribution is -1.89. The highest BCUT2D eigenvalue weighted by atomic mass is 15.5. The molecular formula is C9H6N2. The van der Waals surface area contributed by atoms with E-state index in [2.05, 4.69) is 23.3 Å². The van der Waals surface area contributed by atoms with Crippen molar-refractivity contribution in [3.05, 3.63) is 36.4 Å². The summed E-state index contributed by atoms with van der Waals surface area (Å²) in [7, 11) is 0. The molecule has 0 saturated heterocycles. The normalized spacial score (nSPS) is 11.6. The molecule has 2 heteroatoms. The van der Waals surface area contributed by atoms with Crippen LogP contribution in [0.1, 0.15) is 0 Å². The van der Waals surface area contributed by atoms with Crippen LogP contribution in [0.3, 0.4) is 0 Å². The molecule has 11 heavy (non-hydrogen) atoms. The minimum absolute atomic E-state index is 1.11. The Morgan fingerprint density at radius 3 is 2.45 bits per heavy atom. The minimum Gasteiger partial charge on any atom is -0.211 e. The Bertz CT molecular complexity index is 401. The second-order valence-corrected chi connectivity index (χ2v) is 2.67. The molecule has 2 aliphatic heterocycles. The van der Waals surface area contributed by atoms with Gasteiger partial charge in [0.15, 0.2) is 5.82 Å². The van der Waals surface area contributed by atoms with Gasteiger partial charge in [0.2, 0.25) is 0 Å². The average molecular weight is 142 g/mol. The Labute approximate surface area is 64.1 Å². The Morgan fingerprint density at radius 1 is 1.09 bits per heavy atom. The van der Waals surface area contributed by atoms with E-state index in [9.17, 15) is 0 Å². The van der Waals surface area contributed by atoms with Crippen molar-refractivity contribution in [3.8, 4) is 17.1 Å². The second kappa shape index (κ2) is 1.53. The van der Waals surface area contributed by atoms with Crippen LogP contribution < -0.4 is 0 Å². The number of benzene rings is 1. The van der Waals surface area contributed by atoms with Crippen LogP contribution in [-0.2, 0) is 0 Å². The quantitative estimate of drug-likeness (QED) is 0.507. The minimum atomic E-state index is 1.11. The van der Waals surface area contributed by atoms with Crippen molar-refractivity contribution < 1.29 is 0 Å². The zero-order valence-corrected chi connectivity index (χ0v) is 5.86. The van der Waals surface area contributed by atoms with Gasteiger partial charge in [0.1, 0.15) is 0 Å². The van der Waals surface area contributed by atoms with E-state index in [1.165, 1.54) is 11.3 Å². The fraction of sp³-hybridized carbons (Fsp3) is 0. The molecule has 0 atom stereocenters. The fourth-order valence-corrected chi connectivity index (χ4v) is 1.28. The first kappa shape index (κ1) is 5.13. The van der Waals surface area contributed by atoms with Crippen LogP contribution in [0.25, 0.3) is 17.1 Å². The number of nitrogens with zero attached hydrogens (tertiary/aromatic N) is 2. The predicted molar refractivity (Wildman–Crippen MR) is 42.6 cm³/mol. The molecule has 0 bridgehead atoms. The van der Waals surface area contributed by atoms with E-state index in [4.69, 9.17) is 0 Å². The fourth-order valence-electron chi connectivity index (χ4n) is 1.28.